The van der Waals surface area contributed by atoms with Crippen molar-refractivity contribution >= 4 is 16.8 Å². The molecule has 0 saturated heterocycles. The van der Waals surface area contributed by atoms with Gasteiger partial charge in [-0.05, 0) is 24.3 Å². The summed E-state index contributed by atoms with van der Waals surface area (Å²) in [6, 6.07) is 14.7. The zero-order valence-electron chi connectivity index (χ0n) is 12.5. The average molecular weight is 296 g/mol. The number of benzene rings is 2. The predicted molar refractivity (Wildman–Crippen MR) is 83.8 cm³/mol. The van der Waals surface area contributed by atoms with Crippen LogP contribution in [0.15, 0.2) is 52.9 Å². The summed E-state index contributed by atoms with van der Waals surface area (Å²) in [5.41, 5.74) is 1.30. The van der Waals surface area contributed by atoms with E-state index in [1.54, 1.807) is 25.3 Å². The van der Waals surface area contributed by atoms with E-state index < -0.39 is 0 Å². The molecule has 0 spiro atoms. The van der Waals surface area contributed by atoms with Crippen molar-refractivity contribution in [2.45, 2.75) is 6.42 Å². The Balaban J connectivity index is 1.87. The van der Waals surface area contributed by atoms with E-state index in [0.717, 1.165) is 11.0 Å². The van der Waals surface area contributed by atoms with Crippen molar-refractivity contribution in [1.82, 2.24) is 0 Å². The number of rotatable bonds is 5. The number of hydrogen-bond donors (Lipinski definition) is 0. The van der Waals surface area contributed by atoms with E-state index in [2.05, 4.69) is 0 Å². The fourth-order valence-electron chi connectivity index (χ4n) is 2.41. The fourth-order valence-corrected chi connectivity index (χ4v) is 2.41. The Kier molecular flexibility index (Phi) is 3.83. The fraction of sp³-hybridized carbons (Fsp3) is 0.167. The molecule has 1 heterocycles. The third kappa shape index (κ3) is 2.68. The lowest BCUT2D eigenvalue weighted by molar-refractivity contribution is 0.0984. The van der Waals surface area contributed by atoms with Crippen LogP contribution in [-0.2, 0) is 6.42 Å². The van der Waals surface area contributed by atoms with E-state index in [1.165, 1.54) is 7.11 Å². The van der Waals surface area contributed by atoms with Gasteiger partial charge in [0.2, 0.25) is 0 Å². The molecule has 1 aromatic heterocycles. The summed E-state index contributed by atoms with van der Waals surface area (Å²) in [6.45, 7) is 0. The van der Waals surface area contributed by atoms with Gasteiger partial charge in [-0.15, -0.1) is 0 Å². The maximum Gasteiger partial charge on any atom is 0.174 e. The molecule has 0 unspecified atom stereocenters. The van der Waals surface area contributed by atoms with Crippen LogP contribution in [0.1, 0.15) is 16.1 Å². The Morgan fingerprint density at radius 1 is 1.05 bits per heavy atom. The maximum absolute atomic E-state index is 12.5. The molecule has 3 rings (SSSR count). The van der Waals surface area contributed by atoms with Gasteiger partial charge in [0.15, 0.2) is 5.78 Å². The molecule has 3 aromatic rings. The molecule has 0 N–H and O–H groups in total. The zero-order chi connectivity index (χ0) is 15.5. The first-order valence-electron chi connectivity index (χ1n) is 6.94. The standard InChI is InChI=1S/C18H16O4/c1-20-13-7-8-15(18(11-13)21-2)16(19)10-14-9-12-5-3-4-6-17(12)22-14/h3-9,11H,10H2,1-2H3. The molecule has 0 amide bonds. The van der Waals surface area contributed by atoms with Crippen LogP contribution in [0.2, 0.25) is 0 Å². The summed E-state index contributed by atoms with van der Waals surface area (Å²) in [4.78, 5) is 12.5. The summed E-state index contributed by atoms with van der Waals surface area (Å²) in [7, 11) is 3.11. The Bertz CT molecular complexity index is 784. The van der Waals surface area contributed by atoms with Gasteiger partial charge < -0.3 is 13.9 Å². The van der Waals surface area contributed by atoms with E-state index in [0.29, 0.717) is 22.8 Å². The first-order chi connectivity index (χ1) is 10.7. The molecule has 0 fully saturated rings. The van der Waals surface area contributed by atoms with Gasteiger partial charge in [-0.3, -0.25) is 4.79 Å². The number of methoxy groups -OCH3 is 2. The molecule has 2 aromatic carbocycles. The van der Waals surface area contributed by atoms with Crippen molar-refractivity contribution in [3.05, 3.63) is 59.9 Å². The molecule has 22 heavy (non-hydrogen) atoms. The Morgan fingerprint density at radius 3 is 2.59 bits per heavy atom. The summed E-state index contributed by atoms with van der Waals surface area (Å²) in [6.07, 6.45) is 0.192. The molecular weight excluding hydrogens is 280 g/mol. The minimum Gasteiger partial charge on any atom is -0.497 e. The minimum absolute atomic E-state index is 0.0569. The summed E-state index contributed by atoms with van der Waals surface area (Å²) in [5, 5.41) is 0.993. The van der Waals surface area contributed by atoms with E-state index in [4.69, 9.17) is 13.9 Å². The van der Waals surface area contributed by atoms with Crippen molar-refractivity contribution in [2.75, 3.05) is 14.2 Å². The molecule has 0 aliphatic carbocycles. The summed E-state index contributed by atoms with van der Waals surface area (Å²) >= 11 is 0. The van der Waals surface area contributed by atoms with Crippen LogP contribution in [0, 0.1) is 0 Å². The van der Waals surface area contributed by atoms with Gasteiger partial charge in [0, 0.05) is 11.5 Å². The highest BCUT2D eigenvalue weighted by molar-refractivity contribution is 6.00. The summed E-state index contributed by atoms with van der Waals surface area (Å²) < 4.78 is 16.1. The number of ketones is 1. The molecule has 4 heteroatoms. The maximum atomic E-state index is 12.5. The number of para-hydroxylation sites is 1. The van der Waals surface area contributed by atoms with Gasteiger partial charge in [-0.1, -0.05) is 18.2 Å². The van der Waals surface area contributed by atoms with Gasteiger partial charge in [0.05, 0.1) is 26.2 Å². The lowest BCUT2D eigenvalue weighted by Gasteiger charge is -2.08. The van der Waals surface area contributed by atoms with Crippen LogP contribution in [0.5, 0.6) is 11.5 Å². The first kappa shape index (κ1) is 14.2. The molecule has 0 bridgehead atoms. The molecule has 0 saturated carbocycles. The van der Waals surface area contributed by atoms with E-state index in [-0.39, 0.29) is 12.2 Å². The number of carbonyl (C=O) groups is 1. The topological polar surface area (TPSA) is 48.7 Å². The molecule has 0 aliphatic rings. The SMILES string of the molecule is COc1ccc(C(=O)Cc2cc3ccccc3o2)c(OC)c1. The number of furan rings is 1. The molecular formula is C18H16O4. The van der Waals surface area contributed by atoms with E-state index >= 15 is 0 Å². The van der Waals surface area contributed by atoms with Crippen molar-refractivity contribution in [2.24, 2.45) is 0 Å². The Labute approximate surface area is 128 Å². The number of ether oxygens (including phenoxy) is 2. The highest BCUT2D eigenvalue weighted by atomic mass is 16.5. The van der Waals surface area contributed by atoms with Gasteiger partial charge >= 0.3 is 0 Å². The second kappa shape index (κ2) is 5.93. The van der Waals surface area contributed by atoms with Crippen LogP contribution < -0.4 is 9.47 Å². The van der Waals surface area contributed by atoms with Gasteiger partial charge in [0.1, 0.15) is 22.8 Å². The lowest BCUT2D eigenvalue weighted by atomic mass is 10.1. The van der Waals surface area contributed by atoms with Crippen LogP contribution in [0.3, 0.4) is 0 Å². The Hall–Kier alpha value is -2.75. The number of carbonyl (C=O) groups excluding carboxylic acids is 1. The van der Waals surface area contributed by atoms with Crippen molar-refractivity contribution < 1.29 is 18.7 Å². The van der Waals surface area contributed by atoms with E-state index in [1.807, 2.05) is 30.3 Å². The molecule has 112 valence electrons. The Morgan fingerprint density at radius 2 is 1.86 bits per heavy atom. The van der Waals surface area contributed by atoms with Crippen LogP contribution >= 0.6 is 0 Å². The molecule has 4 nitrogen and oxygen atoms in total. The number of Topliss-reactive ketones (excluding diaryl/α,β-unsaturated/α-hetero) is 1. The van der Waals surface area contributed by atoms with Crippen LogP contribution in [0.25, 0.3) is 11.0 Å². The highest BCUT2D eigenvalue weighted by Crippen LogP contribution is 2.27. The monoisotopic (exact) mass is 296 g/mol. The number of fused-ring (bicyclic) bond motifs is 1. The van der Waals surface area contributed by atoms with Gasteiger partial charge in [-0.2, -0.15) is 0 Å². The predicted octanol–water partition coefficient (Wildman–Crippen LogP) is 3.88. The van der Waals surface area contributed by atoms with Crippen molar-refractivity contribution in [3.8, 4) is 11.5 Å². The van der Waals surface area contributed by atoms with Crippen molar-refractivity contribution in [1.29, 1.82) is 0 Å². The summed E-state index contributed by atoms with van der Waals surface area (Å²) in [5.74, 6) is 1.74. The lowest BCUT2D eigenvalue weighted by Crippen LogP contribution is -2.05. The minimum atomic E-state index is -0.0569. The van der Waals surface area contributed by atoms with Gasteiger partial charge in [-0.25, -0.2) is 0 Å². The largest absolute Gasteiger partial charge is 0.497 e. The van der Waals surface area contributed by atoms with E-state index in [9.17, 15) is 4.79 Å². The van der Waals surface area contributed by atoms with Gasteiger partial charge in [0.25, 0.3) is 0 Å². The molecule has 0 radical (unpaired) electrons. The second-order valence-electron chi connectivity index (χ2n) is 4.92. The molecule has 0 atom stereocenters. The third-order valence-electron chi connectivity index (χ3n) is 3.52. The smallest absolute Gasteiger partial charge is 0.174 e. The van der Waals surface area contributed by atoms with Crippen molar-refractivity contribution in [3.63, 3.8) is 0 Å². The number of hydrogen-bond acceptors (Lipinski definition) is 4. The average Bonchev–Trinajstić information content (AvgIpc) is 2.96. The zero-order valence-corrected chi connectivity index (χ0v) is 12.5. The highest BCUT2D eigenvalue weighted by Gasteiger charge is 2.16. The third-order valence-corrected chi connectivity index (χ3v) is 3.52. The normalized spacial score (nSPS) is 10.6. The first-order valence-corrected chi connectivity index (χ1v) is 6.94. The molecule has 0 aliphatic heterocycles. The second-order valence-corrected chi connectivity index (χ2v) is 4.92. The van der Waals surface area contributed by atoms with Crippen LogP contribution in [-0.4, -0.2) is 20.0 Å². The van der Waals surface area contributed by atoms with Crippen LogP contribution in [0.4, 0.5) is 0 Å². The quantitative estimate of drug-likeness (QED) is 0.670.